The molecule has 0 bridgehead atoms. The zero-order valence-corrected chi connectivity index (χ0v) is 12.4. The van der Waals surface area contributed by atoms with Gasteiger partial charge in [0, 0.05) is 5.02 Å². The molecule has 0 saturated heterocycles. The van der Waals surface area contributed by atoms with Gasteiger partial charge in [-0.2, -0.15) is 5.26 Å². The molecule has 0 unspecified atom stereocenters. The summed E-state index contributed by atoms with van der Waals surface area (Å²) in [4.78, 5) is 22.8. The van der Waals surface area contributed by atoms with Crippen molar-refractivity contribution in [2.75, 3.05) is 23.4 Å². The number of nitrogens with one attached hydrogen (secondary N) is 1. The van der Waals surface area contributed by atoms with Crippen molar-refractivity contribution in [3.63, 3.8) is 0 Å². The van der Waals surface area contributed by atoms with Gasteiger partial charge in [-0.3, -0.25) is 9.59 Å². The fourth-order valence-electron chi connectivity index (χ4n) is 1.33. The number of amides is 1. The van der Waals surface area contributed by atoms with Gasteiger partial charge < -0.3 is 10.1 Å². The number of carbonyl (C=O) groups is 2. The number of ether oxygens (including phenoxy) is 1. The van der Waals surface area contributed by atoms with Gasteiger partial charge >= 0.3 is 5.97 Å². The molecular formula is C13H13ClN2O3S. The first-order valence-electron chi connectivity index (χ1n) is 5.79. The van der Waals surface area contributed by atoms with E-state index in [1.165, 1.54) is 12.1 Å². The summed E-state index contributed by atoms with van der Waals surface area (Å²) >= 11 is 6.95. The first-order chi connectivity index (χ1) is 9.56. The Morgan fingerprint density at radius 2 is 2.20 bits per heavy atom. The smallest absolute Gasteiger partial charge is 0.315 e. The predicted octanol–water partition coefficient (Wildman–Crippen LogP) is 2.45. The van der Waals surface area contributed by atoms with Crippen molar-refractivity contribution >= 4 is 40.9 Å². The number of esters is 1. The number of halogens is 1. The minimum Gasteiger partial charge on any atom is -0.465 e. The Hall–Kier alpha value is -1.71. The average Bonchev–Trinajstić information content (AvgIpc) is 2.39. The molecule has 1 N–H and O–H groups in total. The number of rotatable bonds is 6. The van der Waals surface area contributed by atoms with Gasteiger partial charge in [-0.25, -0.2) is 0 Å². The lowest BCUT2D eigenvalue weighted by molar-refractivity contribution is -0.139. The molecule has 0 aliphatic carbocycles. The predicted molar refractivity (Wildman–Crippen MR) is 78.8 cm³/mol. The molecule has 0 aromatic heterocycles. The van der Waals surface area contributed by atoms with E-state index in [1.807, 2.05) is 6.07 Å². The van der Waals surface area contributed by atoms with Gasteiger partial charge in [0.15, 0.2) is 0 Å². The van der Waals surface area contributed by atoms with Crippen LogP contribution in [0.25, 0.3) is 0 Å². The first kappa shape index (κ1) is 16.3. The Bertz CT molecular complexity index is 543. The van der Waals surface area contributed by atoms with E-state index in [2.05, 4.69) is 5.32 Å². The Kier molecular flexibility index (Phi) is 6.91. The third-order valence-electron chi connectivity index (χ3n) is 2.13. The van der Waals surface area contributed by atoms with Gasteiger partial charge in [-0.1, -0.05) is 11.6 Å². The summed E-state index contributed by atoms with van der Waals surface area (Å²) in [5.74, 6) is -0.457. The summed E-state index contributed by atoms with van der Waals surface area (Å²) in [6.07, 6.45) is 0. The topological polar surface area (TPSA) is 79.2 Å². The third-order valence-corrected chi connectivity index (χ3v) is 3.28. The Morgan fingerprint density at radius 1 is 1.45 bits per heavy atom. The summed E-state index contributed by atoms with van der Waals surface area (Å²) in [6, 6.07) is 6.58. The van der Waals surface area contributed by atoms with Crippen molar-refractivity contribution in [1.82, 2.24) is 0 Å². The molecule has 20 heavy (non-hydrogen) atoms. The number of nitriles is 1. The molecule has 1 amide bonds. The van der Waals surface area contributed by atoms with Gasteiger partial charge in [-0.15, -0.1) is 11.8 Å². The van der Waals surface area contributed by atoms with Crippen LogP contribution in [0, 0.1) is 11.3 Å². The number of nitrogens with zero attached hydrogens (tertiary/aromatic N) is 1. The maximum absolute atomic E-state index is 11.7. The second-order valence-electron chi connectivity index (χ2n) is 3.65. The van der Waals surface area contributed by atoms with E-state index in [9.17, 15) is 9.59 Å². The van der Waals surface area contributed by atoms with E-state index in [4.69, 9.17) is 21.6 Å². The highest BCUT2D eigenvalue weighted by molar-refractivity contribution is 8.00. The van der Waals surface area contributed by atoms with Crippen LogP contribution in [-0.4, -0.2) is 30.0 Å². The largest absolute Gasteiger partial charge is 0.465 e. The second kappa shape index (κ2) is 8.46. The molecule has 0 fully saturated rings. The van der Waals surface area contributed by atoms with Crippen LogP contribution >= 0.6 is 23.4 Å². The number of carbonyl (C=O) groups excluding carboxylic acids is 2. The van der Waals surface area contributed by atoms with Crippen LogP contribution in [0.2, 0.25) is 5.02 Å². The van der Waals surface area contributed by atoms with Crippen molar-refractivity contribution < 1.29 is 14.3 Å². The van der Waals surface area contributed by atoms with Crippen LogP contribution in [0.5, 0.6) is 0 Å². The molecule has 0 aliphatic heterocycles. The van der Waals surface area contributed by atoms with E-state index in [0.717, 1.165) is 11.8 Å². The third kappa shape index (κ3) is 5.51. The summed E-state index contributed by atoms with van der Waals surface area (Å²) in [7, 11) is 0. The quantitative estimate of drug-likeness (QED) is 0.816. The molecule has 0 spiro atoms. The zero-order valence-electron chi connectivity index (χ0n) is 10.8. The fraction of sp³-hybridized carbons (Fsp3) is 0.308. The number of benzene rings is 1. The first-order valence-corrected chi connectivity index (χ1v) is 7.33. The van der Waals surface area contributed by atoms with Crippen molar-refractivity contribution in [3.05, 3.63) is 28.8 Å². The highest BCUT2D eigenvalue weighted by Gasteiger charge is 2.09. The van der Waals surface area contributed by atoms with Gasteiger partial charge in [-0.05, 0) is 25.1 Å². The van der Waals surface area contributed by atoms with Crippen molar-refractivity contribution in [2.45, 2.75) is 6.92 Å². The molecular weight excluding hydrogens is 300 g/mol. The van der Waals surface area contributed by atoms with Crippen LogP contribution in [0.3, 0.4) is 0 Å². The molecule has 0 atom stereocenters. The van der Waals surface area contributed by atoms with E-state index in [1.54, 1.807) is 13.0 Å². The number of hydrogen-bond acceptors (Lipinski definition) is 5. The Labute approximate surface area is 126 Å². The minimum atomic E-state index is -0.356. The molecule has 0 heterocycles. The number of hydrogen-bond donors (Lipinski definition) is 1. The summed E-state index contributed by atoms with van der Waals surface area (Å²) in [5, 5.41) is 11.9. The normalized spacial score (nSPS) is 9.65. The molecule has 106 valence electrons. The van der Waals surface area contributed by atoms with Gasteiger partial charge in [0.05, 0.1) is 29.4 Å². The van der Waals surface area contributed by atoms with Crippen molar-refractivity contribution in [1.29, 1.82) is 5.26 Å². The number of anilines is 1. The molecule has 1 aromatic rings. The van der Waals surface area contributed by atoms with Gasteiger partial charge in [0.25, 0.3) is 0 Å². The molecule has 1 rings (SSSR count). The number of thioether (sulfide) groups is 1. The molecule has 0 aliphatic rings. The molecule has 1 aromatic carbocycles. The van der Waals surface area contributed by atoms with Crippen LogP contribution in [-0.2, 0) is 14.3 Å². The van der Waals surface area contributed by atoms with E-state index in [0.29, 0.717) is 22.9 Å². The monoisotopic (exact) mass is 312 g/mol. The standard InChI is InChI=1S/C13H13ClN2O3S/c1-2-19-13(18)8-20-7-12(17)16-11-5-10(14)4-3-9(11)6-15/h3-5H,2,7-8H2,1H3,(H,16,17). The van der Waals surface area contributed by atoms with Crippen LogP contribution in [0.4, 0.5) is 5.69 Å². The van der Waals surface area contributed by atoms with Crippen LogP contribution in [0.1, 0.15) is 12.5 Å². The lowest BCUT2D eigenvalue weighted by Gasteiger charge is -2.07. The molecule has 7 heteroatoms. The van der Waals surface area contributed by atoms with E-state index < -0.39 is 0 Å². The maximum atomic E-state index is 11.7. The SMILES string of the molecule is CCOC(=O)CSCC(=O)Nc1cc(Cl)ccc1C#N. The van der Waals surface area contributed by atoms with E-state index in [-0.39, 0.29) is 23.4 Å². The average molecular weight is 313 g/mol. The fourth-order valence-corrected chi connectivity index (χ4v) is 2.12. The summed E-state index contributed by atoms with van der Waals surface area (Å²) < 4.78 is 4.74. The maximum Gasteiger partial charge on any atom is 0.315 e. The van der Waals surface area contributed by atoms with E-state index >= 15 is 0 Å². The van der Waals surface area contributed by atoms with Crippen LogP contribution < -0.4 is 5.32 Å². The lowest BCUT2D eigenvalue weighted by atomic mass is 10.2. The minimum absolute atomic E-state index is 0.0934. The van der Waals surface area contributed by atoms with Gasteiger partial charge in [0.1, 0.15) is 6.07 Å². The highest BCUT2D eigenvalue weighted by Crippen LogP contribution is 2.20. The Balaban J connectivity index is 2.49. The van der Waals surface area contributed by atoms with Crippen molar-refractivity contribution in [2.24, 2.45) is 0 Å². The Morgan fingerprint density at radius 3 is 2.85 bits per heavy atom. The second-order valence-corrected chi connectivity index (χ2v) is 5.07. The zero-order chi connectivity index (χ0) is 15.0. The molecule has 0 radical (unpaired) electrons. The van der Waals surface area contributed by atoms with Crippen molar-refractivity contribution in [3.8, 4) is 6.07 Å². The molecule has 0 saturated carbocycles. The van der Waals surface area contributed by atoms with Crippen LogP contribution in [0.15, 0.2) is 18.2 Å². The molecule has 5 nitrogen and oxygen atoms in total. The van der Waals surface area contributed by atoms with Gasteiger partial charge in [0.2, 0.25) is 5.91 Å². The lowest BCUT2D eigenvalue weighted by Crippen LogP contribution is -2.17. The highest BCUT2D eigenvalue weighted by atomic mass is 35.5. The summed E-state index contributed by atoms with van der Waals surface area (Å²) in [5.41, 5.74) is 0.694. The summed E-state index contributed by atoms with van der Waals surface area (Å²) in [6.45, 7) is 2.04.